The van der Waals surface area contributed by atoms with E-state index in [2.05, 4.69) is 11.6 Å². The van der Waals surface area contributed by atoms with Gasteiger partial charge in [0.05, 0.1) is 32.3 Å². The lowest BCUT2D eigenvalue weighted by Gasteiger charge is -2.29. The molecule has 2 aromatic carbocycles. The van der Waals surface area contributed by atoms with E-state index in [1.54, 1.807) is 30.3 Å². The molecule has 3 aromatic rings. The van der Waals surface area contributed by atoms with Crippen LogP contribution in [-0.2, 0) is 21.4 Å². The number of hydrogen-bond donors (Lipinski definition) is 0. The number of nitrogens with zero attached hydrogens (tertiary/aromatic N) is 3. The number of thiazole rings is 1. The zero-order chi connectivity index (χ0) is 24.5. The normalized spacial score (nSPS) is 16.1. The Morgan fingerprint density at radius 3 is 2.44 bits per heavy atom. The third-order valence-corrected chi connectivity index (χ3v) is 9.50. The first kappa shape index (κ1) is 24.9. The summed E-state index contributed by atoms with van der Waals surface area (Å²) < 4.78 is 35.0. The van der Waals surface area contributed by atoms with Crippen LogP contribution in [0, 0.1) is 5.92 Å². The van der Waals surface area contributed by atoms with Gasteiger partial charge >= 0.3 is 0 Å². The second-order valence-corrected chi connectivity index (χ2v) is 11.5. The number of rotatable bonds is 6. The van der Waals surface area contributed by atoms with Gasteiger partial charge in [0.15, 0.2) is 4.80 Å². The van der Waals surface area contributed by atoms with Gasteiger partial charge in [0.25, 0.3) is 5.91 Å². The van der Waals surface area contributed by atoms with Gasteiger partial charge in [0.1, 0.15) is 5.75 Å². The number of carbonyl (C=O) groups is 1. The van der Waals surface area contributed by atoms with E-state index in [0.29, 0.717) is 45.5 Å². The summed E-state index contributed by atoms with van der Waals surface area (Å²) in [5.74, 6) is -0.0591. The van der Waals surface area contributed by atoms with Crippen LogP contribution < -0.4 is 9.54 Å². The molecule has 4 rings (SSSR count). The summed E-state index contributed by atoms with van der Waals surface area (Å²) in [7, 11) is -2.12. The van der Waals surface area contributed by atoms with Gasteiger partial charge in [0.2, 0.25) is 10.0 Å². The quantitative estimate of drug-likeness (QED) is 0.424. The highest BCUT2D eigenvalue weighted by atomic mass is 35.5. The minimum Gasteiger partial charge on any atom is -0.497 e. The lowest BCUT2D eigenvalue weighted by Crippen LogP contribution is -2.40. The van der Waals surface area contributed by atoms with E-state index in [1.807, 2.05) is 4.57 Å². The van der Waals surface area contributed by atoms with Crippen molar-refractivity contribution in [3.05, 3.63) is 63.9 Å². The van der Waals surface area contributed by atoms with Crippen molar-refractivity contribution in [3.63, 3.8) is 0 Å². The molecule has 1 aliphatic rings. The predicted octanol–water partition coefficient (Wildman–Crippen LogP) is 4.73. The minimum atomic E-state index is -3.64. The van der Waals surface area contributed by atoms with Crippen LogP contribution in [0.3, 0.4) is 0 Å². The number of allylic oxidation sites excluding steroid dienone is 1. The fourth-order valence-electron chi connectivity index (χ4n) is 3.92. The van der Waals surface area contributed by atoms with E-state index in [1.165, 1.54) is 34.9 Å². The van der Waals surface area contributed by atoms with Gasteiger partial charge < -0.3 is 9.30 Å². The van der Waals surface area contributed by atoms with Crippen LogP contribution >= 0.6 is 34.5 Å². The monoisotopic (exact) mass is 539 g/mol. The molecular formula is C23H23Cl2N3O4S2. The maximum atomic E-state index is 13.0. The molecule has 0 bridgehead atoms. The molecule has 1 fully saturated rings. The Morgan fingerprint density at radius 2 is 1.82 bits per heavy atom. The third kappa shape index (κ3) is 4.81. The lowest BCUT2D eigenvalue weighted by atomic mass is 9.98. The third-order valence-electron chi connectivity index (χ3n) is 5.75. The Hall–Kier alpha value is -2.17. The standard InChI is InChI=1S/C23H23Cl2N3O4S2/c1-3-12-28-20-18(24)8-9-19(25)21(20)33-23(28)26-22(29)15-10-13-27(14-11-15)34(30,31)17-6-4-16(32-2)5-7-17/h3-9,15H,1,10-14H2,2H3. The lowest BCUT2D eigenvalue weighted by molar-refractivity contribution is -0.122. The molecule has 0 aliphatic carbocycles. The molecule has 180 valence electrons. The van der Waals surface area contributed by atoms with Crippen LogP contribution in [0.15, 0.2) is 58.9 Å². The predicted molar refractivity (Wildman–Crippen MR) is 135 cm³/mol. The van der Waals surface area contributed by atoms with E-state index in [9.17, 15) is 13.2 Å². The number of hydrogen-bond acceptors (Lipinski definition) is 5. The number of carbonyl (C=O) groups excluding carboxylic acids is 1. The maximum absolute atomic E-state index is 13.0. The van der Waals surface area contributed by atoms with Gasteiger partial charge in [-0.1, -0.05) is 40.6 Å². The zero-order valence-corrected chi connectivity index (χ0v) is 21.6. The molecule has 0 atom stereocenters. The number of methoxy groups -OCH3 is 1. The van der Waals surface area contributed by atoms with Crippen molar-refractivity contribution in [2.24, 2.45) is 10.9 Å². The number of amides is 1. The van der Waals surface area contributed by atoms with E-state index < -0.39 is 10.0 Å². The molecule has 0 unspecified atom stereocenters. The van der Waals surface area contributed by atoms with Gasteiger partial charge in [-0.2, -0.15) is 9.30 Å². The Morgan fingerprint density at radius 1 is 1.18 bits per heavy atom. The topological polar surface area (TPSA) is 81.0 Å². The zero-order valence-electron chi connectivity index (χ0n) is 18.4. The van der Waals surface area contributed by atoms with Gasteiger partial charge in [-0.05, 0) is 49.2 Å². The highest BCUT2D eigenvalue weighted by molar-refractivity contribution is 7.89. The van der Waals surface area contributed by atoms with Gasteiger partial charge in [0, 0.05) is 25.6 Å². The van der Waals surface area contributed by atoms with Crippen molar-refractivity contribution < 1.29 is 17.9 Å². The van der Waals surface area contributed by atoms with Crippen LogP contribution in [0.2, 0.25) is 10.0 Å². The summed E-state index contributed by atoms with van der Waals surface area (Å²) in [4.78, 5) is 18.1. The van der Waals surface area contributed by atoms with E-state index in [-0.39, 0.29) is 29.8 Å². The fourth-order valence-corrected chi connectivity index (χ4v) is 7.05. The SMILES string of the molecule is C=CCn1c(=NC(=O)C2CCN(S(=O)(=O)c3ccc(OC)cc3)CC2)sc2c(Cl)ccc(Cl)c21. The van der Waals surface area contributed by atoms with Gasteiger partial charge in [-0.15, -0.1) is 6.58 Å². The maximum Gasteiger partial charge on any atom is 0.251 e. The second kappa shape index (κ2) is 10.2. The largest absolute Gasteiger partial charge is 0.497 e. The number of sulfonamides is 1. The highest BCUT2D eigenvalue weighted by Gasteiger charge is 2.32. The van der Waals surface area contributed by atoms with E-state index in [0.717, 1.165) is 4.70 Å². The Balaban J connectivity index is 1.54. The second-order valence-electron chi connectivity index (χ2n) is 7.79. The average molecular weight is 540 g/mol. The summed E-state index contributed by atoms with van der Waals surface area (Å²) in [6, 6.07) is 9.70. The molecule has 34 heavy (non-hydrogen) atoms. The summed E-state index contributed by atoms with van der Waals surface area (Å²) in [6.45, 7) is 4.70. The van der Waals surface area contributed by atoms with E-state index >= 15 is 0 Å². The summed E-state index contributed by atoms with van der Waals surface area (Å²) >= 11 is 14.0. The summed E-state index contributed by atoms with van der Waals surface area (Å²) in [5, 5.41) is 1.05. The molecule has 11 heteroatoms. The van der Waals surface area contributed by atoms with Crippen molar-refractivity contribution in [1.29, 1.82) is 0 Å². The molecule has 7 nitrogen and oxygen atoms in total. The number of benzene rings is 2. The number of ether oxygens (including phenoxy) is 1. The summed E-state index contributed by atoms with van der Waals surface area (Å²) in [5.41, 5.74) is 0.714. The Kier molecular flexibility index (Phi) is 7.49. The number of aromatic nitrogens is 1. The van der Waals surface area contributed by atoms with Crippen LogP contribution in [0.25, 0.3) is 10.2 Å². The van der Waals surface area contributed by atoms with Crippen LogP contribution in [-0.4, -0.2) is 43.4 Å². The van der Waals surface area contributed by atoms with Crippen molar-refractivity contribution >= 4 is 60.7 Å². The molecule has 1 amide bonds. The Labute approximate surface area is 211 Å². The molecule has 0 spiro atoms. The van der Waals surface area contributed by atoms with Crippen LogP contribution in [0.1, 0.15) is 12.8 Å². The first-order valence-electron chi connectivity index (χ1n) is 10.6. The minimum absolute atomic E-state index is 0.201. The van der Waals surface area contributed by atoms with E-state index in [4.69, 9.17) is 27.9 Å². The number of fused-ring (bicyclic) bond motifs is 1. The number of piperidine rings is 1. The molecule has 1 aliphatic heterocycles. The van der Waals surface area contributed by atoms with Gasteiger partial charge in [-0.3, -0.25) is 4.79 Å². The molecule has 0 radical (unpaired) electrons. The summed E-state index contributed by atoms with van der Waals surface area (Å²) in [6.07, 6.45) is 2.49. The smallest absolute Gasteiger partial charge is 0.251 e. The Bertz CT molecular complexity index is 1400. The fraction of sp³-hybridized carbons (Fsp3) is 0.304. The van der Waals surface area contributed by atoms with Crippen molar-refractivity contribution in [1.82, 2.24) is 8.87 Å². The molecule has 0 saturated carbocycles. The molecule has 2 heterocycles. The van der Waals surface area contributed by atoms with Crippen LogP contribution in [0.4, 0.5) is 0 Å². The van der Waals surface area contributed by atoms with Crippen molar-refractivity contribution in [2.75, 3.05) is 20.2 Å². The first-order chi connectivity index (χ1) is 16.3. The average Bonchev–Trinajstić information content (AvgIpc) is 3.21. The molecule has 1 aromatic heterocycles. The molecular weight excluding hydrogens is 517 g/mol. The number of halogens is 2. The highest BCUT2D eigenvalue weighted by Crippen LogP contribution is 2.32. The van der Waals surface area contributed by atoms with Crippen molar-refractivity contribution in [2.45, 2.75) is 24.3 Å². The van der Waals surface area contributed by atoms with Crippen LogP contribution in [0.5, 0.6) is 5.75 Å². The molecule has 1 saturated heterocycles. The van der Waals surface area contributed by atoms with Gasteiger partial charge in [-0.25, -0.2) is 8.42 Å². The van der Waals surface area contributed by atoms with Crippen molar-refractivity contribution in [3.8, 4) is 5.75 Å². The molecule has 0 N–H and O–H groups in total. The first-order valence-corrected chi connectivity index (χ1v) is 13.6.